The molecule has 0 N–H and O–H groups in total. The van der Waals surface area contributed by atoms with Gasteiger partial charge in [-0.1, -0.05) is 15.9 Å². The molecule has 0 bridgehead atoms. The Hall–Kier alpha value is -0.320. The zero-order chi connectivity index (χ0) is 9.97. The first kappa shape index (κ1) is 10.2. The Balaban J connectivity index is 2.19. The summed E-state index contributed by atoms with van der Waals surface area (Å²) in [6, 6.07) is 5.69. The van der Waals surface area contributed by atoms with Crippen molar-refractivity contribution in [2.45, 2.75) is 10.1 Å². The summed E-state index contributed by atoms with van der Waals surface area (Å²) < 4.78 is 6.10. The lowest BCUT2D eigenvalue weighted by Crippen LogP contribution is -2.30. The molecule has 1 aliphatic rings. The Labute approximate surface area is 95.2 Å². The standard InChI is InChI=1S/C10H9BrO2S/c11-8-2-1-7(4-12)10(3-8)14-9-5-13-6-9/h1-4,9H,5-6H2. The number of halogens is 1. The molecule has 1 aliphatic heterocycles. The van der Waals surface area contributed by atoms with Crippen molar-refractivity contribution < 1.29 is 9.53 Å². The summed E-state index contributed by atoms with van der Waals surface area (Å²) >= 11 is 5.10. The summed E-state index contributed by atoms with van der Waals surface area (Å²) in [4.78, 5) is 11.8. The van der Waals surface area contributed by atoms with E-state index in [0.29, 0.717) is 5.25 Å². The van der Waals surface area contributed by atoms with Crippen LogP contribution in [0.25, 0.3) is 0 Å². The topological polar surface area (TPSA) is 26.3 Å². The molecular formula is C10H9BrO2S. The quantitative estimate of drug-likeness (QED) is 0.792. The van der Waals surface area contributed by atoms with Crippen molar-refractivity contribution >= 4 is 34.0 Å². The maximum atomic E-state index is 10.8. The summed E-state index contributed by atoms with van der Waals surface area (Å²) in [6.07, 6.45) is 0.897. The normalized spacial score (nSPS) is 16.4. The van der Waals surface area contributed by atoms with Crippen molar-refractivity contribution in [3.05, 3.63) is 28.2 Å². The van der Waals surface area contributed by atoms with Gasteiger partial charge in [-0.2, -0.15) is 0 Å². The van der Waals surface area contributed by atoms with E-state index in [-0.39, 0.29) is 0 Å². The summed E-state index contributed by atoms with van der Waals surface area (Å²) in [5.74, 6) is 0. The van der Waals surface area contributed by atoms with Crippen LogP contribution < -0.4 is 0 Å². The van der Waals surface area contributed by atoms with Crippen molar-refractivity contribution in [3.63, 3.8) is 0 Å². The number of thioether (sulfide) groups is 1. The third-order valence-corrected chi connectivity index (χ3v) is 3.71. The van der Waals surface area contributed by atoms with Gasteiger partial charge >= 0.3 is 0 Å². The van der Waals surface area contributed by atoms with Crippen molar-refractivity contribution in [1.29, 1.82) is 0 Å². The van der Waals surface area contributed by atoms with Crippen LogP contribution in [0.5, 0.6) is 0 Å². The fourth-order valence-corrected chi connectivity index (χ4v) is 2.82. The first-order valence-electron chi connectivity index (χ1n) is 4.29. The molecule has 0 amide bonds. The van der Waals surface area contributed by atoms with Crippen molar-refractivity contribution in [1.82, 2.24) is 0 Å². The zero-order valence-electron chi connectivity index (χ0n) is 7.40. The number of hydrogen-bond donors (Lipinski definition) is 0. The molecule has 1 aromatic carbocycles. The van der Waals surface area contributed by atoms with E-state index in [1.165, 1.54) is 0 Å². The molecule has 0 saturated carbocycles. The average molecular weight is 273 g/mol. The van der Waals surface area contributed by atoms with Crippen molar-refractivity contribution in [2.24, 2.45) is 0 Å². The molecular weight excluding hydrogens is 264 g/mol. The van der Waals surface area contributed by atoms with E-state index >= 15 is 0 Å². The second-order valence-corrected chi connectivity index (χ2v) is 5.34. The average Bonchev–Trinajstić information content (AvgIpc) is 2.12. The lowest BCUT2D eigenvalue weighted by Gasteiger charge is -2.25. The summed E-state index contributed by atoms with van der Waals surface area (Å²) in [5, 5.41) is 0.503. The van der Waals surface area contributed by atoms with Gasteiger partial charge in [0.05, 0.1) is 18.5 Å². The molecule has 0 aliphatic carbocycles. The van der Waals surface area contributed by atoms with Crippen LogP contribution in [0.2, 0.25) is 0 Å². The van der Waals surface area contributed by atoms with Crippen LogP contribution in [0.1, 0.15) is 10.4 Å². The number of carbonyl (C=O) groups is 1. The number of rotatable bonds is 3. The Morgan fingerprint density at radius 2 is 2.29 bits per heavy atom. The Bertz CT molecular complexity index is 350. The Morgan fingerprint density at radius 3 is 2.86 bits per heavy atom. The second kappa shape index (κ2) is 4.47. The molecule has 0 spiro atoms. The first-order valence-corrected chi connectivity index (χ1v) is 5.96. The SMILES string of the molecule is O=Cc1ccc(Br)cc1SC1COC1. The molecule has 2 rings (SSSR count). The summed E-state index contributed by atoms with van der Waals surface area (Å²) in [6.45, 7) is 1.57. The van der Waals surface area contributed by atoms with E-state index in [4.69, 9.17) is 4.74 Å². The third-order valence-electron chi connectivity index (χ3n) is 2.00. The highest BCUT2D eigenvalue weighted by molar-refractivity contribution is 9.10. The van der Waals surface area contributed by atoms with Gasteiger partial charge in [0.25, 0.3) is 0 Å². The molecule has 0 atom stereocenters. The molecule has 0 radical (unpaired) electrons. The van der Waals surface area contributed by atoms with E-state index in [0.717, 1.165) is 34.4 Å². The van der Waals surface area contributed by atoms with Crippen molar-refractivity contribution in [2.75, 3.05) is 13.2 Å². The van der Waals surface area contributed by atoms with Gasteiger partial charge in [0.2, 0.25) is 0 Å². The summed E-state index contributed by atoms with van der Waals surface area (Å²) in [5.41, 5.74) is 0.755. The van der Waals surface area contributed by atoms with Crippen LogP contribution in [-0.2, 0) is 4.74 Å². The van der Waals surface area contributed by atoms with Gasteiger partial charge in [-0.25, -0.2) is 0 Å². The fourth-order valence-electron chi connectivity index (χ4n) is 1.17. The number of hydrogen-bond acceptors (Lipinski definition) is 3. The van der Waals surface area contributed by atoms with Crippen molar-refractivity contribution in [3.8, 4) is 0 Å². The van der Waals surface area contributed by atoms with E-state index in [1.54, 1.807) is 11.8 Å². The van der Waals surface area contributed by atoms with Gasteiger partial charge in [0, 0.05) is 14.9 Å². The second-order valence-electron chi connectivity index (χ2n) is 3.08. The lowest BCUT2D eigenvalue weighted by atomic mass is 10.2. The van der Waals surface area contributed by atoms with Gasteiger partial charge in [-0.15, -0.1) is 11.8 Å². The lowest BCUT2D eigenvalue weighted by molar-refractivity contribution is 0.0455. The molecule has 0 unspecified atom stereocenters. The number of benzene rings is 1. The highest BCUT2D eigenvalue weighted by Gasteiger charge is 2.20. The maximum Gasteiger partial charge on any atom is 0.151 e. The molecule has 14 heavy (non-hydrogen) atoms. The highest BCUT2D eigenvalue weighted by atomic mass is 79.9. The van der Waals surface area contributed by atoms with Gasteiger partial charge < -0.3 is 4.74 Å². The van der Waals surface area contributed by atoms with Gasteiger partial charge in [0.15, 0.2) is 6.29 Å². The van der Waals surface area contributed by atoms with Gasteiger partial charge in [-0.05, 0) is 18.2 Å². The number of ether oxygens (including phenoxy) is 1. The van der Waals surface area contributed by atoms with Crippen LogP contribution in [0.3, 0.4) is 0 Å². The minimum absolute atomic E-state index is 0.503. The van der Waals surface area contributed by atoms with Gasteiger partial charge in [-0.3, -0.25) is 4.79 Å². The molecule has 0 aromatic heterocycles. The molecule has 2 nitrogen and oxygen atoms in total. The van der Waals surface area contributed by atoms with Crippen LogP contribution >= 0.6 is 27.7 Å². The minimum Gasteiger partial charge on any atom is -0.379 e. The zero-order valence-corrected chi connectivity index (χ0v) is 9.81. The number of aldehydes is 1. The molecule has 1 saturated heterocycles. The highest BCUT2D eigenvalue weighted by Crippen LogP contribution is 2.31. The first-order chi connectivity index (χ1) is 6.79. The molecule has 74 valence electrons. The van der Waals surface area contributed by atoms with E-state index < -0.39 is 0 Å². The van der Waals surface area contributed by atoms with Crippen LogP contribution in [-0.4, -0.2) is 24.7 Å². The van der Waals surface area contributed by atoms with E-state index in [9.17, 15) is 4.79 Å². The third kappa shape index (κ3) is 2.19. The molecule has 1 heterocycles. The predicted octanol–water partition coefficient (Wildman–Crippen LogP) is 2.75. The fraction of sp³-hybridized carbons (Fsp3) is 0.300. The van der Waals surface area contributed by atoms with Crippen LogP contribution in [0.15, 0.2) is 27.6 Å². The van der Waals surface area contributed by atoms with Gasteiger partial charge in [0.1, 0.15) is 0 Å². The minimum atomic E-state index is 0.503. The molecule has 1 aromatic rings. The number of carbonyl (C=O) groups excluding carboxylic acids is 1. The van der Waals surface area contributed by atoms with E-state index in [1.807, 2.05) is 18.2 Å². The Morgan fingerprint density at radius 1 is 1.50 bits per heavy atom. The van der Waals surface area contributed by atoms with Crippen LogP contribution in [0, 0.1) is 0 Å². The molecule has 4 heteroatoms. The van der Waals surface area contributed by atoms with Crippen LogP contribution in [0.4, 0.5) is 0 Å². The smallest absolute Gasteiger partial charge is 0.151 e. The molecule has 1 fully saturated rings. The predicted molar refractivity (Wildman–Crippen MR) is 60.0 cm³/mol. The Kier molecular flexibility index (Phi) is 3.26. The maximum absolute atomic E-state index is 10.8. The summed E-state index contributed by atoms with van der Waals surface area (Å²) in [7, 11) is 0. The monoisotopic (exact) mass is 272 g/mol. The largest absolute Gasteiger partial charge is 0.379 e. The van der Waals surface area contributed by atoms with E-state index in [2.05, 4.69) is 15.9 Å².